The molecule has 124 valence electrons. The van der Waals surface area contributed by atoms with E-state index in [9.17, 15) is 4.79 Å². The van der Waals surface area contributed by atoms with Crippen LogP contribution in [0.1, 0.15) is 6.92 Å². The van der Waals surface area contributed by atoms with E-state index in [0.717, 1.165) is 20.0 Å². The minimum Gasteiger partial charge on any atom is -0.403 e. The monoisotopic (exact) mass is 379 g/mol. The standard InChI is InChI=1S/C14H13N5O2S3/c1-2-22-13-18-19-14(24-13)23-8-10(20)15-12-17-16-11(21-12)9-6-4-3-5-7-9/h3-7H,2,8H2,1H3,(H,15,17,20). The smallest absolute Gasteiger partial charge is 0.322 e. The minimum absolute atomic E-state index is 0.0824. The summed E-state index contributed by atoms with van der Waals surface area (Å²) in [6.07, 6.45) is 0. The van der Waals surface area contributed by atoms with Gasteiger partial charge in [-0.15, -0.1) is 15.3 Å². The molecular weight excluding hydrogens is 366 g/mol. The molecule has 1 amide bonds. The normalized spacial score (nSPS) is 10.7. The van der Waals surface area contributed by atoms with Gasteiger partial charge >= 0.3 is 6.01 Å². The molecule has 0 aliphatic heterocycles. The molecule has 0 radical (unpaired) electrons. The summed E-state index contributed by atoms with van der Waals surface area (Å²) < 4.78 is 7.10. The second kappa shape index (κ2) is 8.27. The highest BCUT2D eigenvalue weighted by atomic mass is 32.2. The lowest BCUT2D eigenvalue weighted by molar-refractivity contribution is -0.113. The number of rotatable bonds is 7. The van der Waals surface area contributed by atoms with Gasteiger partial charge in [0.25, 0.3) is 0 Å². The first-order chi connectivity index (χ1) is 11.7. The molecule has 0 spiro atoms. The van der Waals surface area contributed by atoms with Crippen LogP contribution < -0.4 is 5.32 Å². The van der Waals surface area contributed by atoms with Gasteiger partial charge in [-0.1, -0.05) is 65.1 Å². The van der Waals surface area contributed by atoms with Crippen LogP contribution >= 0.6 is 34.9 Å². The second-order valence-corrected chi connectivity index (χ2v) is 8.09. The molecule has 0 aliphatic carbocycles. The molecular formula is C14H13N5O2S3. The summed E-state index contributed by atoms with van der Waals surface area (Å²) in [5.74, 6) is 1.28. The molecule has 3 aromatic rings. The lowest BCUT2D eigenvalue weighted by Gasteiger charge is -1.98. The molecule has 0 unspecified atom stereocenters. The minimum atomic E-state index is -0.233. The van der Waals surface area contributed by atoms with Crippen LogP contribution in [0.3, 0.4) is 0 Å². The van der Waals surface area contributed by atoms with Crippen molar-refractivity contribution in [2.45, 2.75) is 15.6 Å². The zero-order valence-electron chi connectivity index (χ0n) is 12.6. The van der Waals surface area contributed by atoms with E-state index >= 15 is 0 Å². The lowest BCUT2D eigenvalue weighted by atomic mass is 10.2. The van der Waals surface area contributed by atoms with Crippen molar-refractivity contribution in [2.75, 3.05) is 16.8 Å². The summed E-state index contributed by atoms with van der Waals surface area (Å²) in [5, 5.41) is 18.4. The first kappa shape index (κ1) is 16.9. The van der Waals surface area contributed by atoms with Crippen molar-refractivity contribution in [1.29, 1.82) is 0 Å². The van der Waals surface area contributed by atoms with Crippen molar-refractivity contribution in [3.63, 3.8) is 0 Å². The molecule has 0 aliphatic rings. The second-order valence-electron chi connectivity index (χ2n) is 4.38. The van der Waals surface area contributed by atoms with Crippen LogP contribution in [0.15, 0.2) is 43.4 Å². The summed E-state index contributed by atoms with van der Waals surface area (Å²) in [7, 11) is 0. The lowest BCUT2D eigenvalue weighted by Crippen LogP contribution is -2.14. The summed E-state index contributed by atoms with van der Waals surface area (Å²) in [4.78, 5) is 12.0. The third-order valence-corrected chi connectivity index (χ3v) is 5.75. The van der Waals surface area contributed by atoms with Crippen molar-refractivity contribution >= 4 is 46.8 Å². The number of anilines is 1. The van der Waals surface area contributed by atoms with Crippen LogP contribution in [0.2, 0.25) is 0 Å². The molecule has 0 bridgehead atoms. The Morgan fingerprint density at radius 3 is 2.62 bits per heavy atom. The Hall–Kier alpha value is -1.91. The number of nitrogens with zero attached hydrogens (tertiary/aromatic N) is 4. The van der Waals surface area contributed by atoms with E-state index in [1.165, 1.54) is 23.1 Å². The van der Waals surface area contributed by atoms with E-state index in [0.29, 0.717) is 5.89 Å². The highest BCUT2D eigenvalue weighted by Gasteiger charge is 2.13. The molecule has 0 atom stereocenters. The quantitative estimate of drug-likeness (QED) is 0.624. The highest BCUT2D eigenvalue weighted by molar-refractivity contribution is 8.03. The van der Waals surface area contributed by atoms with Gasteiger partial charge in [0.15, 0.2) is 8.68 Å². The van der Waals surface area contributed by atoms with Gasteiger partial charge in [0.05, 0.1) is 5.75 Å². The van der Waals surface area contributed by atoms with Crippen molar-refractivity contribution in [3.05, 3.63) is 30.3 Å². The maximum absolute atomic E-state index is 12.0. The molecule has 1 N–H and O–H groups in total. The van der Waals surface area contributed by atoms with Crippen LogP contribution in [-0.2, 0) is 4.79 Å². The first-order valence-corrected chi connectivity index (χ1v) is 9.81. The fourth-order valence-corrected chi connectivity index (χ4v) is 4.41. The fraction of sp³-hybridized carbons (Fsp3) is 0.214. The average molecular weight is 379 g/mol. The summed E-state index contributed by atoms with van der Waals surface area (Å²) in [6, 6.07) is 9.45. The number of thioether (sulfide) groups is 2. The van der Waals surface area contributed by atoms with Crippen molar-refractivity contribution in [2.24, 2.45) is 0 Å². The zero-order valence-corrected chi connectivity index (χ0v) is 15.1. The third-order valence-electron chi connectivity index (χ3n) is 2.67. The number of hydrogen-bond donors (Lipinski definition) is 1. The molecule has 10 heteroatoms. The predicted octanol–water partition coefficient (Wildman–Crippen LogP) is 3.43. The molecule has 1 aromatic carbocycles. The maximum Gasteiger partial charge on any atom is 0.322 e. The van der Waals surface area contributed by atoms with Gasteiger partial charge < -0.3 is 4.42 Å². The van der Waals surface area contributed by atoms with Gasteiger partial charge in [0.2, 0.25) is 11.8 Å². The molecule has 3 rings (SSSR count). The number of benzene rings is 1. The summed E-state index contributed by atoms with van der Waals surface area (Å²) in [6.45, 7) is 2.06. The summed E-state index contributed by atoms with van der Waals surface area (Å²) >= 11 is 4.44. The van der Waals surface area contributed by atoms with Gasteiger partial charge in [-0.2, -0.15) is 0 Å². The SMILES string of the molecule is CCSc1nnc(SCC(=O)Nc2nnc(-c3ccccc3)o2)s1. The molecule has 2 aromatic heterocycles. The van der Waals surface area contributed by atoms with Crippen LogP contribution in [-0.4, -0.2) is 37.8 Å². The maximum atomic E-state index is 12.0. The van der Waals surface area contributed by atoms with Gasteiger partial charge in [0.1, 0.15) is 0 Å². The topological polar surface area (TPSA) is 93.8 Å². The van der Waals surface area contributed by atoms with E-state index in [-0.39, 0.29) is 17.7 Å². The van der Waals surface area contributed by atoms with Crippen molar-refractivity contribution < 1.29 is 9.21 Å². The van der Waals surface area contributed by atoms with Gasteiger partial charge in [-0.05, 0) is 17.9 Å². The highest BCUT2D eigenvalue weighted by Crippen LogP contribution is 2.28. The van der Waals surface area contributed by atoms with Gasteiger partial charge in [-0.3, -0.25) is 10.1 Å². The summed E-state index contributed by atoms with van der Waals surface area (Å²) in [5.41, 5.74) is 0.801. The third kappa shape index (κ3) is 4.56. The number of carbonyl (C=O) groups is 1. The van der Waals surface area contributed by atoms with E-state index < -0.39 is 0 Å². The Morgan fingerprint density at radius 2 is 1.88 bits per heavy atom. The van der Waals surface area contributed by atoms with Gasteiger partial charge in [-0.25, -0.2) is 0 Å². The van der Waals surface area contributed by atoms with E-state index in [1.54, 1.807) is 11.8 Å². The average Bonchev–Trinajstić information content (AvgIpc) is 3.24. The van der Waals surface area contributed by atoms with Gasteiger partial charge in [0, 0.05) is 5.56 Å². The number of nitrogens with one attached hydrogen (secondary N) is 1. The first-order valence-electron chi connectivity index (χ1n) is 7.02. The van der Waals surface area contributed by atoms with E-state index in [2.05, 4.69) is 32.6 Å². The Labute approximate surface area is 150 Å². The van der Waals surface area contributed by atoms with Crippen LogP contribution in [0.5, 0.6) is 0 Å². The molecule has 0 saturated carbocycles. The number of carbonyl (C=O) groups excluding carboxylic acids is 1. The number of aromatic nitrogens is 4. The number of amides is 1. The molecule has 0 fully saturated rings. The van der Waals surface area contributed by atoms with Crippen LogP contribution in [0.25, 0.3) is 11.5 Å². The van der Waals surface area contributed by atoms with E-state index in [1.807, 2.05) is 30.3 Å². The Balaban J connectivity index is 1.52. The van der Waals surface area contributed by atoms with Crippen LogP contribution in [0, 0.1) is 0 Å². The Kier molecular flexibility index (Phi) is 5.83. The van der Waals surface area contributed by atoms with E-state index in [4.69, 9.17) is 4.42 Å². The Bertz CT molecular complexity index is 806. The fourth-order valence-electron chi connectivity index (χ4n) is 1.69. The number of hydrogen-bond acceptors (Lipinski definition) is 9. The predicted molar refractivity (Wildman–Crippen MR) is 95.4 cm³/mol. The zero-order chi connectivity index (χ0) is 16.8. The largest absolute Gasteiger partial charge is 0.403 e. The molecule has 7 nitrogen and oxygen atoms in total. The molecule has 0 saturated heterocycles. The molecule has 24 heavy (non-hydrogen) atoms. The molecule has 2 heterocycles. The Morgan fingerprint density at radius 1 is 1.12 bits per heavy atom. The van der Waals surface area contributed by atoms with Crippen molar-refractivity contribution in [1.82, 2.24) is 20.4 Å². The van der Waals surface area contributed by atoms with Crippen LogP contribution in [0.4, 0.5) is 6.01 Å². The van der Waals surface area contributed by atoms with Crippen molar-refractivity contribution in [3.8, 4) is 11.5 Å².